The Morgan fingerprint density at radius 1 is 1.44 bits per heavy atom. The van der Waals surface area contributed by atoms with Crippen LogP contribution in [0.25, 0.3) is 0 Å². The first-order chi connectivity index (χ1) is 8.61. The summed E-state index contributed by atoms with van der Waals surface area (Å²) in [6.07, 6.45) is 1.44. The van der Waals surface area contributed by atoms with Crippen molar-refractivity contribution >= 4 is 17.4 Å². The van der Waals surface area contributed by atoms with Gasteiger partial charge in [-0.2, -0.15) is 5.26 Å². The number of rotatable bonds is 2. The second kappa shape index (κ2) is 4.98. The number of halogens is 2. The lowest BCUT2D eigenvalue weighted by atomic mass is 10.1. The molecule has 0 aliphatic rings. The molecule has 0 unspecified atom stereocenters. The number of nitriles is 1. The summed E-state index contributed by atoms with van der Waals surface area (Å²) in [7, 11) is 0. The lowest BCUT2D eigenvalue weighted by Gasteiger charge is -2.05. The van der Waals surface area contributed by atoms with Crippen molar-refractivity contribution in [2.24, 2.45) is 0 Å². The van der Waals surface area contributed by atoms with Gasteiger partial charge in [0.1, 0.15) is 29.1 Å². The third-order valence-electron chi connectivity index (χ3n) is 2.39. The number of nitrogens with zero attached hydrogens (tertiary/aromatic N) is 3. The maximum atomic E-state index is 13.6. The van der Waals surface area contributed by atoms with Crippen LogP contribution in [-0.4, -0.2) is 9.97 Å². The van der Waals surface area contributed by atoms with Gasteiger partial charge in [0.25, 0.3) is 0 Å². The van der Waals surface area contributed by atoms with E-state index in [0.717, 1.165) is 0 Å². The van der Waals surface area contributed by atoms with Crippen LogP contribution in [0.15, 0.2) is 24.4 Å². The molecule has 0 atom stereocenters. The summed E-state index contributed by atoms with van der Waals surface area (Å²) in [5, 5.41) is 9.00. The largest absolute Gasteiger partial charge is 0.382 e. The van der Waals surface area contributed by atoms with E-state index in [9.17, 15) is 4.39 Å². The maximum absolute atomic E-state index is 13.6. The molecule has 0 spiro atoms. The third-order valence-corrected chi connectivity index (χ3v) is 2.74. The van der Waals surface area contributed by atoms with E-state index in [0.29, 0.717) is 16.4 Å². The highest BCUT2D eigenvalue weighted by Gasteiger charge is 2.10. The lowest BCUT2D eigenvalue weighted by molar-refractivity contribution is 0.612. The van der Waals surface area contributed by atoms with Crippen molar-refractivity contribution in [1.82, 2.24) is 9.97 Å². The fraction of sp³-hybridized carbons (Fsp3) is 0.0833. The topological polar surface area (TPSA) is 75.6 Å². The van der Waals surface area contributed by atoms with Crippen molar-refractivity contribution in [3.05, 3.63) is 52.2 Å². The molecule has 0 aliphatic heterocycles. The van der Waals surface area contributed by atoms with Gasteiger partial charge in [-0.15, -0.1) is 0 Å². The Balaban J connectivity index is 2.35. The lowest BCUT2D eigenvalue weighted by Crippen LogP contribution is -2.04. The highest BCUT2D eigenvalue weighted by atomic mass is 35.5. The quantitative estimate of drug-likeness (QED) is 0.901. The van der Waals surface area contributed by atoms with Gasteiger partial charge in [-0.25, -0.2) is 14.4 Å². The minimum Gasteiger partial charge on any atom is -0.382 e. The molecule has 0 fully saturated rings. The van der Waals surface area contributed by atoms with Gasteiger partial charge in [0, 0.05) is 17.0 Å². The SMILES string of the molecule is N#Cc1cnc(Cc2c(F)cccc2Cl)nc1N. The Morgan fingerprint density at radius 2 is 2.22 bits per heavy atom. The smallest absolute Gasteiger partial charge is 0.145 e. The van der Waals surface area contributed by atoms with Gasteiger partial charge in [0.2, 0.25) is 0 Å². The van der Waals surface area contributed by atoms with E-state index in [2.05, 4.69) is 9.97 Å². The summed E-state index contributed by atoms with van der Waals surface area (Å²) in [4.78, 5) is 7.89. The molecule has 2 rings (SSSR count). The fourth-order valence-corrected chi connectivity index (χ4v) is 1.69. The van der Waals surface area contributed by atoms with Crippen molar-refractivity contribution in [2.75, 3.05) is 5.73 Å². The summed E-state index contributed by atoms with van der Waals surface area (Å²) in [5.41, 5.74) is 6.06. The minimum atomic E-state index is -0.422. The first-order valence-electron chi connectivity index (χ1n) is 5.06. The average molecular weight is 263 g/mol. The predicted molar refractivity (Wildman–Crippen MR) is 65.4 cm³/mol. The third kappa shape index (κ3) is 2.39. The van der Waals surface area contributed by atoms with E-state index in [-0.39, 0.29) is 17.8 Å². The number of anilines is 1. The Labute approximate surface area is 108 Å². The molecule has 0 saturated heterocycles. The summed E-state index contributed by atoms with van der Waals surface area (Å²) in [6.45, 7) is 0. The van der Waals surface area contributed by atoms with Gasteiger partial charge in [-0.1, -0.05) is 17.7 Å². The van der Waals surface area contributed by atoms with Crippen molar-refractivity contribution in [3.63, 3.8) is 0 Å². The zero-order chi connectivity index (χ0) is 13.1. The Bertz CT molecular complexity index is 616. The first kappa shape index (κ1) is 12.3. The van der Waals surface area contributed by atoms with Crippen molar-refractivity contribution in [1.29, 1.82) is 5.26 Å². The van der Waals surface area contributed by atoms with Crippen LogP contribution in [0.5, 0.6) is 0 Å². The minimum absolute atomic E-state index is 0.0787. The van der Waals surface area contributed by atoms with Crippen molar-refractivity contribution in [2.45, 2.75) is 6.42 Å². The van der Waals surface area contributed by atoms with Crippen LogP contribution < -0.4 is 5.73 Å². The molecular formula is C12H8ClFN4. The van der Waals surface area contributed by atoms with Gasteiger partial charge in [0.05, 0.1) is 6.20 Å². The van der Waals surface area contributed by atoms with Crippen LogP contribution in [0.4, 0.5) is 10.2 Å². The molecule has 1 aromatic heterocycles. The number of nitrogen functional groups attached to an aromatic ring is 1. The highest BCUT2D eigenvalue weighted by Crippen LogP contribution is 2.21. The second-order valence-corrected chi connectivity index (χ2v) is 3.98. The molecule has 2 N–H and O–H groups in total. The van der Waals surface area contributed by atoms with Crippen molar-refractivity contribution in [3.8, 4) is 6.07 Å². The first-order valence-corrected chi connectivity index (χ1v) is 5.44. The van der Waals surface area contributed by atoms with Gasteiger partial charge >= 0.3 is 0 Å². The molecule has 90 valence electrons. The monoisotopic (exact) mass is 262 g/mol. The van der Waals surface area contributed by atoms with Crippen LogP contribution in [-0.2, 0) is 6.42 Å². The second-order valence-electron chi connectivity index (χ2n) is 3.57. The molecule has 18 heavy (non-hydrogen) atoms. The van der Waals surface area contributed by atoms with Gasteiger partial charge in [-0.3, -0.25) is 0 Å². The summed E-state index contributed by atoms with van der Waals surface area (Å²) < 4.78 is 13.6. The molecule has 0 radical (unpaired) electrons. The van der Waals surface area contributed by atoms with Crippen LogP contribution >= 0.6 is 11.6 Å². The predicted octanol–water partition coefficient (Wildman–Crippen LogP) is 2.31. The Hall–Kier alpha value is -2.19. The number of benzene rings is 1. The molecule has 0 aliphatic carbocycles. The van der Waals surface area contributed by atoms with E-state index in [4.69, 9.17) is 22.6 Å². The molecule has 0 saturated carbocycles. The standard InChI is InChI=1S/C12H8ClFN4/c13-9-2-1-3-10(14)8(9)4-11-17-6-7(5-15)12(16)18-11/h1-3,6H,4H2,(H2,16,17,18). The molecule has 0 bridgehead atoms. The van der Waals surface area contributed by atoms with Crippen LogP contribution in [0.3, 0.4) is 0 Å². The number of hydrogen-bond acceptors (Lipinski definition) is 4. The van der Waals surface area contributed by atoms with E-state index >= 15 is 0 Å². The van der Waals surface area contributed by atoms with Gasteiger partial charge in [0.15, 0.2) is 0 Å². The van der Waals surface area contributed by atoms with E-state index < -0.39 is 5.82 Å². The number of hydrogen-bond donors (Lipinski definition) is 1. The highest BCUT2D eigenvalue weighted by molar-refractivity contribution is 6.31. The Kier molecular flexibility index (Phi) is 3.40. The van der Waals surface area contributed by atoms with Gasteiger partial charge < -0.3 is 5.73 Å². The molecule has 4 nitrogen and oxygen atoms in total. The number of nitrogens with two attached hydrogens (primary N) is 1. The Morgan fingerprint density at radius 3 is 2.83 bits per heavy atom. The summed E-state index contributed by atoms with van der Waals surface area (Å²) in [6, 6.07) is 6.29. The zero-order valence-electron chi connectivity index (χ0n) is 9.19. The molecule has 0 amide bonds. The normalized spacial score (nSPS) is 10.1. The van der Waals surface area contributed by atoms with E-state index in [1.807, 2.05) is 6.07 Å². The molecule has 2 aromatic rings. The van der Waals surface area contributed by atoms with Crippen LogP contribution in [0.2, 0.25) is 5.02 Å². The fourth-order valence-electron chi connectivity index (χ4n) is 1.46. The van der Waals surface area contributed by atoms with Crippen LogP contribution in [0, 0.1) is 17.1 Å². The molecule has 1 aromatic carbocycles. The van der Waals surface area contributed by atoms with Crippen LogP contribution in [0.1, 0.15) is 17.0 Å². The van der Waals surface area contributed by atoms with Gasteiger partial charge in [-0.05, 0) is 12.1 Å². The zero-order valence-corrected chi connectivity index (χ0v) is 9.95. The molecule has 6 heteroatoms. The van der Waals surface area contributed by atoms with E-state index in [1.54, 1.807) is 6.07 Å². The summed E-state index contributed by atoms with van der Waals surface area (Å²) in [5.74, 6) is -0.0255. The molecular weight excluding hydrogens is 255 g/mol. The average Bonchev–Trinajstić information content (AvgIpc) is 2.34. The molecule has 1 heterocycles. The number of aromatic nitrogens is 2. The van der Waals surface area contributed by atoms with E-state index in [1.165, 1.54) is 18.3 Å². The summed E-state index contributed by atoms with van der Waals surface area (Å²) >= 11 is 5.90. The maximum Gasteiger partial charge on any atom is 0.145 e. The van der Waals surface area contributed by atoms with Crippen molar-refractivity contribution < 1.29 is 4.39 Å².